The molecule has 25 heavy (non-hydrogen) atoms. The number of nitrogens with zero attached hydrogens (tertiary/aromatic N) is 4. The zero-order valence-electron chi connectivity index (χ0n) is 14.1. The summed E-state index contributed by atoms with van der Waals surface area (Å²) in [6.07, 6.45) is 1.13. The fraction of sp³-hybridized carbons (Fsp3) is 0.312. The summed E-state index contributed by atoms with van der Waals surface area (Å²) in [5.74, 6) is 1.07. The molecule has 1 atom stereocenters. The number of rotatable bonds is 6. The maximum absolute atomic E-state index is 9.94. The van der Waals surface area contributed by atoms with E-state index in [9.17, 15) is 10.2 Å². The molecule has 1 unspecified atom stereocenters. The highest BCUT2D eigenvalue weighted by Gasteiger charge is 2.13. The summed E-state index contributed by atoms with van der Waals surface area (Å²) in [5.41, 5.74) is 8.27. The third kappa shape index (κ3) is 3.72. The predicted molar refractivity (Wildman–Crippen MR) is 96.3 cm³/mol. The Morgan fingerprint density at radius 3 is 2.84 bits per heavy atom. The smallest absolute Gasteiger partial charge is 0.226 e. The zero-order valence-corrected chi connectivity index (χ0v) is 14.1. The maximum atomic E-state index is 9.94. The van der Waals surface area contributed by atoms with E-state index in [1.54, 1.807) is 36.0 Å². The van der Waals surface area contributed by atoms with Crippen molar-refractivity contribution in [3.63, 3.8) is 0 Å². The molecular formula is C16H21N7O2. The lowest BCUT2D eigenvalue weighted by Crippen LogP contribution is -2.17. The minimum Gasteiger partial charge on any atom is -0.508 e. The molecule has 0 fully saturated rings. The van der Waals surface area contributed by atoms with Crippen LogP contribution in [-0.4, -0.2) is 42.4 Å². The number of hydrogen-bond acceptors (Lipinski definition) is 8. The van der Waals surface area contributed by atoms with Crippen LogP contribution >= 0.6 is 0 Å². The molecule has 0 bridgehead atoms. The number of aromatic nitrogens is 4. The SMILES string of the molecule is CC(O)CNc1nc(NCc2cc(N)ccc2O)c2ncn(C)c2n1. The number of benzene rings is 1. The molecule has 2 heterocycles. The summed E-state index contributed by atoms with van der Waals surface area (Å²) in [6, 6.07) is 4.89. The minimum absolute atomic E-state index is 0.153. The zero-order chi connectivity index (χ0) is 18.0. The van der Waals surface area contributed by atoms with Crippen LogP contribution in [0, 0.1) is 0 Å². The van der Waals surface area contributed by atoms with Crippen molar-refractivity contribution in [1.29, 1.82) is 0 Å². The molecule has 0 aliphatic rings. The molecule has 132 valence electrons. The fourth-order valence-corrected chi connectivity index (χ4v) is 2.37. The highest BCUT2D eigenvalue weighted by molar-refractivity contribution is 5.84. The molecule has 1 aromatic carbocycles. The lowest BCUT2D eigenvalue weighted by atomic mass is 10.2. The molecule has 3 aromatic rings. The van der Waals surface area contributed by atoms with Gasteiger partial charge in [0, 0.05) is 31.4 Å². The Morgan fingerprint density at radius 2 is 2.08 bits per heavy atom. The van der Waals surface area contributed by atoms with E-state index in [1.807, 2.05) is 7.05 Å². The van der Waals surface area contributed by atoms with Gasteiger partial charge in [-0.2, -0.15) is 9.97 Å². The van der Waals surface area contributed by atoms with Gasteiger partial charge in [0.15, 0.2) is 17.0 Å². The van der Waals surface area contributed by atoms with E-state index in [0.717, 1.165) is 0 Å². The number of phenols is 1. The Balaban J connectivity index is 1.89. The summed E-state index contributed by atoms with van der Waals surface area (Å²) < 4.78 is 1.79. The number of aryl methyl sites for hydroxylation is 1. The number of nitrogens with two attached hydrogens (primary N) is 1. The van der Waals surface area contributed by atoms with Crippen LogP contribution in [0.1, 0.15) is 12.5 Å². The van der Waals surface area contributed by atoms with E-state index in [1.165, 1.54) is 0 Å². The summed E-state index contributed by atoms with van der Waals surface area (Å²) in [6.45, 7) is 2.34. The van der Waals surface area contributed by atoms with Gasteiger partial charge in [0.2, 0.25) is 5.95 Å². The number of aliphatic hydroxyl groups excluding tert-OH is 1. The van der Waals surface area contributed by atoms with Gasteiger partial charge in [-0.05, 0) is 25.1 Å². The summed E-state index contributed by atoms with van der Waals surface area (Å²) in [4.78, 5) is 13.1. The van der Waals surface area contributed by atoms with Gasteiger partial charge in [-0.15, -0.1) is 0 Å². The van der Waals surface area contributed by atoms with Crippen LogP contribution in [0.4, 0.5) is 17.5 Å². The van der Waals surface area contributed by atoms with Crippen LogP contribution in [0.2, 0.25) is 0 Å². The Bertz CT molecular complexity index is 892. The molecule has 0 aliphatic heterocycles. The second-order valence-electron chi connectivity index (χ2n) is 5.90. The Labute approximate surface area is 144 Å². The van der Waals surface area contributed by atoms with Gasteiger partial charge in [0.05, 0.1) is 12.4 Å². The number of aromatic hydroxyl groups is 1. The summed E-state index contributed by atoms with van der Waals surface area (Å²) in [7, 11) is 1.84. The number of phenolic OH excluding ortho intramolecular Hbond substituents is 1. The van der Waals surface area contributed by atoms with Gasteiger partial charge in [-0.25, -0.2) is 4.98 Å². The highest BCUT2D eigenvalue weighted by atomic mass is 16.3. The van der Waals surface area contributed by atoms with Crippen molar-refractivity contribution < 1.29 is 10.2 Å². The van der Waals surface area contributed by atoms with Crippen LogP contribution in [0.3, 0.4) is 0 Å². The molecule has 6 N–H and O–H groups in total. The molecule has 9 nitrogen and oxygen atoms in total. The van der Waals surface area contributed by atoms with Crippen molar-refractivity contribution in [2.75, 3.05) is 22.9 Å². The van der Waals surface area contributed by atoms with E-state index < -0.39 is 6.10 Å². The lowest BCUT2D eigenvalue weighted by molar-refractivity contribution is 0.208. The van der Waals surface area contributed by atoms with E-state index >= 15 is 0 Å². The average Bonchev–Trinajstić information content (AvgIpc) is 2.95. The van der Waals surface area contributed by atoms with Crippen molar-refractivity contribution in [2.45, 2.75) is 19.6 Å². The van der Waals surface area contributed by atoms with Gasteiger partial charge in [0.1, 0.15) is 5.75 Å². The molecule has 0 saturated heterocycles. The van der Waals surface area contributed by atoms with Gasteiger partial charge < -0.3 is 31.1 Å². The normalized spacial score (nSPS) is 12.3. The molecule has 0 spiro atoms. The van der Waals surface area contributed by atoms with Crippen molar-refractivity contribution in [2.24, 2.45) is 7.05 Å². The number of hydrogen-bond donors (Lipinski definition) is 5. The third-order valence-corrected chi connectivity index (χ3v) is 3.67. The first-order valence-corrected chi connectivity index (χ1v) is 7.86. The predicted octanol–water partition coefficient (Wildman–Crippen LogP) is 1.06. The Morgan fingerprint density at radius 1 is 1.28 bits per heavy atom. The standard InChI is InChI=1S/C16H21N7O2/c1-9(24)6-19-16-21-14(13-15(22-16)23(2)8-20-13)18-7-10-5-11(17)3-4-12(10)25/h3-5,8-9,24-25H,6-7,17H2,1-2H3,(H2,18,19,21,22). The molecule has 0 radical (unpaired) electrons. The average molecular weight is 343 g/mol. The van der Waals surface area contributed by atoms with Crippen LogP contribution < -0.4 is 16.4 Å². The summed E-state index contributed by atoms with van der Waals surface area (Å²) in [5, 5.41) is 25.5. The number of nitrogen functional groups attached to an aromatic ring is 1. The maximum Gasteiger partial charge on any atom is 0.226 e. The first-order chi connectivity index (χ1) is 11.9. The first kappa shape index (κ1) is 16.8. The second-order valence-corrected chi connectivity index (χ2v) is 5.90. The topological polar surface area (TPSA) is 134 Å². The number of anilines is 3. The van der Waals surface area contributed by atoms with Gasteiger partial charge in [-0.3, -0.25) is 0 Å². The van der Waals surface area contributed by atoms with E-state index in [0.29, 0.717) is 47.3 Å². The van der Waals surface area contributed by atoms with E-state index in [4.69, 9.17) is 5.73 Å². The van der Waals surface area contributed by atoms with Gasteiger partial charge in [0.25, 0.3) is 0 Å². The molecule has 0 aliphatic carbocycles. The van der Waals surface area contributed by atoms with Crippen molar-refractivity contribution in [1.82, 2.24) is 19.5 Å². The van der Waals surface area contributed by atoms with Crippen LogP contribution in [0.15, 0.2) is 24.5 Å². The van der Waals surface area contributed by atoms with Crippen molar-refractivity contribution >= 4 is 28.6 Å². The minimum atomic E-state index is -0.522. The van der Waals surface area contributed by atoms with Crippen LogP contribution in [0.25, 0.3) is 11.2 Å². The quantitative estimate of drug-likeness (QED) is 0.331. The third-order valence-electron chi connectivity index (χ3n) is 3.67. The Hall–Kier alpha value is -3.07. The van der Waals surface area contributed by atoms with Crippen LogP contribution in [-0.2, 0) is 13.6 Å². The largest absolute Gasteiger partial charge is 0.508 e. The molecule has 9 heteroatoms. The second kappa shape index (κ2) is 6.81. The van der Waals surface area contributed by atoms with Crippen molar-refractivity contribution in [3.8, 4) is 5.75 Å². The number of nitrogens with one attached hydrogen (secondary N) is 2. The summed E-state index contributed by atoms with van der Waals surface area (Å²) >= 11 is 0. The fourth-order valence-electron chi connectivity index (χ4n) is 2.37. The highest BCUT2D eigenvalue weighted by Crippen LogP contribution is 2.24. The van der Waals surface area contributed by atoms with Gasteiger partial charge in [-0.1, -0.05) is 0 Å². The number of fused-ring (bicyclic) bond motifs is 1. The molecular weight excluding hydrogens is 322 g/mol. The molecule has 0 saturated carbocycles. The van der Waals surface area contributed by atoms with Gasteiger partial charge >= 0.3 is 0 Å². The first-order valence-electron chi connectivity index (χ1n) is 7.86. The molecule has 2 aromatic heterocycles. The van der Waals surface area contributed by atoms with E-state index in [2.05, 4.69) is 25.6 Å². The van der Waals surface area contributed by atoms with Crippen LogP contribution in [0.5, 0.6) is 5.75 Å². The number of imidazole rings is 1. The molecule has 3 rings (SSSR count). The Kier molecular flexibility index (Phi) is 4.57. The monoisotopic (exact) mass is 343 g/mol. The number of aliphatic hydroxyl groups is 1. The lowest BCUT2D eigenvalue weighted by Gasteiger charge is -2.12. The van der Waals surface area contributed by atoms with Crippen molar-refractivity contribution in [3.05, 3.63) is 30.1 Å². The molecule has 0 amide bonds. The van der Waals surface area contributed by atoms with E-state index in [-0.39, 0.29) is 5.75 Å².